The van der Waals surface area contributed by atoms with Gasteiger partial charge in [-0.2, -0.15) is 0 Å². The normalized spacial score (nSPS) is 10.5. The second-order valence-corrected chi connectivity index (χ2v) is 7.44. The van der Waals surface area contributed by atoms with Crippen LogP contribution in [0.1, 0.15) is 11.4 Å². The zero-order valence-electron chi connectivity index (χ0n) is 17.2. The number of anilines is 1. The molecule has 0 aliphatic carbocycles. The Balaban J connectivity index is 1.56. The molecule has 0 saturated heterocycles. The zero-order valence-corrected chi connectivity index (χ0v) is 18.0. The number of carbonyl (C=O) groups is 1. The van der Waals surface area contributed by atoms with Crippen LogP contribution in [-0.4, -0.2) is 38.5 Å². The first-order valence-corrected chi connectivity index (χ1v) is 10.2. The number of benzene rings is 2. The average molecular weight is 443 g/mol. The van der Waals surface area contributed by atoms with E-state index in [1.165, 1.54) is 17.8 Å². The van der Waals surface area contributed by atoms with Gasteiger partial charge in [0, 0.05) is 24.4 Å². The Morgan fingerprint density at radius 3 is 2.68 bits per heavy atom. The molecule has 0 saturated carbocycles. The number of hydrogen-bond acceptors (Lipinski definition) is 8. The van der Waals surface area contributed by atoms with Gasteiger partial charge in [0.15, 0.2) is 22.5 Å². The summed E-state index contributed by atoms with van der Waals surface area (Å²) in [6.45, 7) is 1.83. The summed E-state index contributed by atoms with van der Waals surface area (Å²) in [5.41, 5.74) is 0.851. The fourth-order valence-corrected chi connectivity index (χ4v) is 3.42. The molecule has 0 aliphatic rings. The van der Waals surface area contributed by atoms with Crippen molar-refractivity contribution in [1.29, 1.82) is 0 Å². The molecule has 0 fully saturated rings. The van der Waals surface area contributed by atoms with Gasteiger partial charge in [0.1, 0.15) is 6.61 Å². The van der Waals surface area contributed by atoms with E-state index >= 15 is 0 Å². The molecule has 3 rings (SSSR count). The van der Waals surface area contributed by atoms with E-state index in [0.29, 0.717) is 33.7 Å². The number of rotatable bonds is 9. The second-order valence-electron chi connectivity index (χ2n) is 6.49. The van der Waals surface area contributed by atoms with Crippen molar-refractivity contribution < 1.29 is 19.2 Å². The van der Waals surface area contributed by atoms with Crippen LogP contribution in [0.25, 0.3) is 0 Å². The first-order valence-electron chi connectivity index (χ1n) is 9.20. The van der Waals surface area contributed by atoms with Crippen molar-refractivity contribution in [3.05, 3.63) is 64.0 Å². The molecule has 0 bridgehead atoms. The summed E-state index contributed by atoms with van der Waals surface area (Å²) in [4.78, 5) is 22.8. The molecule has 0 spiro atoms. The molecule has 1 aromatic heterocycles. The molecule has 1 amide bonds. The number of ether oxygens (including phenoxy) is 2. The van der Waals surface area contributed by atoms with Gasteiger partial charge in [-0.05, 0) is 25.1 Å². The van der Waals surface area contributed by atoms with Crippen molar-refractivity contribution in [3.63, 3.8) is 0 Å². The molecule has 10 nitrogen and oxygen atoms in total. The number of carbonyl (C=O) groups excluding carboxylic acids is 1. The predicted octanol–water partition coefficient (Wildman–Crippen LogP) is 3.35. The Hall–Kier alpha value is -3.60. The van der Waals surface area contributed by atoms with Crippen LogP contribution in [-0.2, 0) is 18.4 Å². The highest BCUT2D eigenvalue weighted by Gasteiger charge is 2.15. The van der Waals surface area contributed by atoms with Crippen molar-refractivity contribution in [2.75, 3.05) is 18.2 Å². The standard InChI is InChI=1S/C20H21N5O5S/c1-13-8-9-14(10-15(13)25(27)28)21-19(26)12-31-20-23-22-18(24(20)2)11-30-17-7-5-4-6-16(17)29-3/h4-10H,11-12H2,1-3H3,(H,21,26). The largest absolute Gasteiger partial charge is 0.493 e. The Labute approximate surface area is 182 Å². The molecular weight excluding hydrogens is 422 g/mol. The lowest BCUT2D eigenvalue weighted by atomic mass is 10.2. The fraction of sp³-hybridized carbons (Fsp3) is 0.250. The number of aromatic nitrogens is 3. The van der Waals surface area contributed by atoms with Gasteiger partial charge >= 0.3 is 0 Å². The Morgan fingerprint density at radius 1 is 1.23 bits per heavy atom. The van der Waals surface area contributed by atoms with Crippen LogP contribution in [0.2, 0.25) is 0 Å². The second kappa shape index (κ2) is 9.94. The maximum atomic E-state index is 12.3. The number of hydrogen-bond donors (Lipinski definition) is 1. The van der Waals surface area contributed by atoms with E-state index in [2.05, 4.69) is 15.5 Å². The van der Waals surface area contributed by atoms with E-state index in [4.69, 9.17) is 9.47 Å². The van der Waals surface area contributed by atoms with E-state index < -0.39 is 4.92 Å². The summed E-state index contributed by atoms with van der Waals surface area (Å²) in [6, 6.07) is 11.9. The minimum Gasteiger partial charge on any atom is -0.493 e. The monoisotopic (exact) mass is 443 g/mol. The lowest BCUT2D eigenvalue weighted by Crippen LogP contribution is -2.15. The molecule has 0 radical (unpaired) electrons. The summed E-state index contributed by atoms with van der Waals surface area (Å²) in [7, 11) is 3.35. The predicted molar refractivity (Wildman–Crippen MR) is 116 cm³/mol. The number of methoxy groups -OCH3 is 1. The van der Waals surface area contributed by atoms with Crippen LogP contribution >= 0.6 is 11.8 Å². The average Bonchev–Trinajstić information content (AvgIpc) is 3.11. The van der Waals surface area contributed by atoms with Gasteiger partial charge in [0.25, 0.3) is 5.69 Å². The van der Waals surface area contributed by atoms with Gasteiger partial charge in [0.2, 0.25) is 5.91 Å². The van der Waals surface area contributed by atoms with Crippen LogP contribution in [0.4, 0.5) is 11.4 Å². The van der Waals surface area contributed by atoms with Crippen molar-refractivity contribution in [3.8, 4) is 11.5 Å². The number of thioether (sulfide) groups is 1. The third-order valence-electron chi connectivity index (χ3n) is 4.37. The molecule has 11 heteroatoms. The highest BCUT2D eigenvalue weighted by atomic mass is 32.2. The fourth-order valence-electron chi connectivity index (χ4n) is 2.69. The van der Waals surface area contributed by atoms with Crippen LogP contribution in [0.15, 0.2) is 47.6 Å². The summed E-state index contributed by atoms with van der Waals surface area (Å²) >= 11 is 1.20. The number of para-hydroxylation sites is 2. The maximum absolute atomic E-state index is 12.3. The van der Waals surface area contributed by atoms with E-state index in [-0.39, 0.29) is 24.0 Å². The van der Waals surface area contributed by atoms with Gasteiger partial charge in [-0.15, -0.1) is 10.2 Å². The summed E-state index contributed by atoms with van der Waals surface area (Å²) < 4.78 is 12.8. The van der Waals surface area contributed by atoms with Crippen LogP contribution in [0, 0.1) is 17.0 Å². The summed E-state index contributed by atoms with van der Waals surface area (Å²) in [5.74, 6) is 1.56. The molecule has 162 valence electrons. The Kier molecular flexibility index (Phi) is 7.08. The molecule has 1 N–H and O–H groups in total. The van der Waals surface area contributed by atoms with Crippen LogP contribution in [0.5, 0.6) is 11.5 Å². The molecule has 0 atom stereocenters. The van der Waals surface area contributed by atoms with Crippen LogP contribution in [0.3, 0.4) is 0 Å². The number of amides is 1. The van der Waals surface area contributed by atoms with Crippen molar-refractivity contribution >= 4 is 29.0 Å². The third-order valence-corrected chi connectivity index (χ3v) is 5.39. The van der Waals surface area contributed by atoms with E-state index in [9.17, 15) is 14.9 Å². The lowest BCUT2D eigenvalue weighted by Gasteiger charge is -2.10. The number of nitro groups is 1. The molecule has 31 heavy (non-hydrogen) atoms. The number of nitrogens with one attached hydrogen (secondary N) is 1. The lowest BCUT2D eigenvalue weighted by molar-refractivity contribution is -0.385. The Morgan fingerprint density at radius 2 is 1.97 bits per heavy atom. The summed E-state index contributed by atoms with van der Waals surface area (Å²) in [6.07, 6.45) is 0. The smallest absolute Gasteiger partial charge is 0.274 e. The molecule has 1 heterocycles. The Bertz CT molecular complexity index is 1100. The van der Waals surface area contributed by atoms with Gasteiger partial charge in [0.05, 0.1) is 17.8 Å². The van der Waals surface area contributed by atoms with Gasteiger partial charge in [-0.25, -0.2) is 0 Å². The molecular formula is C20H21N5O5S. The van der Waals surface area contributed by atoms with Gasteiger partial charge < -0.3 is 19.4 Å². The zero-order chi connectivity index (χ0) is 22.4. The maximum Gasteiger partial charge on any atom is 0.274 e. The quantitative estimate of drug-likeness (QED) is 0.304. The van der Waals surface area contributed by atoms with Crippen molar-refractivity contribution in [2.24, 2.45) is 7.05 Å². The number of nitrogens with zero attached hydrogens (tertiary/aromatic N) is 4. The van der Waals surface area contributed by atoms with Crippen molar-refractivity contribution in [2.45, 2.75) is 18.7 Å². The third kappa shape index (κ3) is 5.51. The van der Waals surface area contributed by atoms with Gasteiger partial charge in [-0.1, -0.05) is 30.0 Å². The molecule has 0 aliphatic heterocycles. The van der Waals surface area contributed by atoms with Gasteiger partial charge in [-0.3, -0.25) is 14.9 Å². The number of nitro benzene ring substituents is 1. The molecule has 3 aromatic rings. The van der Waals surface area contributed by atoms with Crippen molar-refractivity contribution in [1.82, 2.24) is 14.8 Å². The first kappa shape index (κ1) is 22.1. The number of aryl methyl sites for hydroxylation is 1. The summed E-state index contributed by atoms with van der Waals surface area (Å²) in [5, 5.41) is 22.5. The minimum atomic E-state index is -0.478. The highest BCUT2D eigenvalue weighted by molar-refractivity contribution is 7.99. The molecule has 0 unspecified atom stereocenters. The van der Waals surface area contributed by atoms with E-state index in [0.717, 1.165) is 0 Å². The first-order chi connectivity index (χ1) is 14.9. The van der Waals surface area contributed by atoms with E-state index in [1.54, 1.807) is 49.9 Å². The SMILES string of the molecule is COc1ccccc1OCc1nnc(SCC(=O)Nc2ccc(C)c([N+](=O)[O-])c2)n1C. The minimum absolute atomic E-state index is 0.0431. The molecule has 2 aromatic carbocycles. The van der Waals surface area contributed by atoms with Crippen LogP contribution < -0.4 is 14.8 Å². The topological polar surface area (TPSA) is 121 Å². The van der Waals surface area contributed by atoms with E-state index in [1.807, 2.05) is 12.1 Å². The highest BCUT2D eigenvalue weighted by Crippen LogP contribution is 2.27.